The van der Waals surface area contributed by atoms with E-state index in [2.05, 4.69) is 48.0 Å². The maximum atomic E-state index is 4.51. The van der Waals surface area contributed by atoms with Crippen molar-refractivity contribution in [2.45, 2.75) is 13.8 Å². The molecule has 1 heterocycles. The predicted molar refractivity (Wildman–Crippen MR) is 116 cm³/mol. The average Bonchev–Trinajstić information content (AvgIpc) is 2.93. The van der Waals surface area contributed by atoms with Crippen LogP contribution in [0.4, 0.5) is 0 Å². The van der Waals surface area contributed by atoms with Gasteiger partial charge in [-0.15, -0.1) is 0 Å². The lowest BCUT2D eigenvalue weighted by molar-refractivity contribution is 1.02. The largest absolute Gasteiger partial charge is 0.294 e. The van der Waals surface area contributed by atoms with Crippen molar-refractivity contribution in [3.8, 4) is 0 Å². The van der Waals surface area contributed by atoms with Gasteiger partial charge >= 0.3 is 0 Å². The fraction of sp³-hybridized carbons (Fsp3) is 0.0870. The minimum absolute atomic E-state index is 0.738. The fourth-order valence-corrected chi connectivity index (χ4v) is 2.50. The van der Waals surface area contributed by atoms with Gasteiger partial charge in [0.15, 0.2) is 0 Å². The van der Waals surface area contributed by atoms with Crippen LogP contribution in [0.2, 0.25) is 0 Å². The minimum atomic E-state index is 0.738. The summed E-state index contributed by atoms with van der Waals surface area (Å²) in [5, 5.41) is 2.13. The Morgan fingerprint density at radius 3 is 2.28 bits per heavy atom. The number of aliphatic imine (C=N–C) groups is 1. The van der Waals surface area contributed by atoms with Crippen LogP contribution in [0.25, 0.3) is 30.1 Å². The Hall–Kier alpha value is -3.13. The summed E-state index contributed by atoms with van der Waals surface area (Å²) >= 11 is 0. The second-order valence-electron chi connectivity index (χ2n) is 4.99. The zero-order chi connectivity index (χ0) is 18.7. The summed E-state index contributed by atoms with van der Waals surface area (Å²) in [6.07, 6.45) is 22.6. The summed E-state index contributed by atoms with van der Waals surface area (Å²) < 4.78 is 2.06. The summed E-state index contributed by atoms with van der Waals surface area (Å²) in [5.74, 6) is 0.738. The van der Waals surface area contributed by atoms with Crippen molar-refractivity contribution < 1.29 is 0 Å². The number of hydrogen-bond donors (Lipinski definition) is 0. The van der Waals surface area contributed by atoms with E-state index < -0.39 is 0 Å². The highest BCUT2D eigenvalue weighted by molar-refractivity contribution is 5.77. The van der Waals surface area contributed by atoms with Crippen LogP contribution in [0.5, 0.6) is 0 Å². The number of rotatable bonds is 8. The van der Waals surface area contributed by atoms with Gasteiger partial charge < -0.3 is 0 Å². The molecule has 0 unspecified atom stereocenters. The Morgan fingerprint density at radius 2 is 1.76 bits per heavy atom. The third-order valence-electron chi connectivity index (χ3n) is 3.46. The molecule has 128 valence electrons. The number of allylic oxidation sites excluding steroid dienone is 7. The molecule has 25 heavy (non-hydrogen) atoms. The highest BCUT2D eigenvalue weighted by Crippen LogP contribution is 2.14. The Balaban J connectivity index is 4.11. The van der Waals surface area contributed by atoms with Crippen LogP contribution in [0.15, 0.2) is 73.8 Å². The third kappa shape index (κ3) is 4.67. The van der Waals surface area contributed by atoms with Crippen LogP contribution >= 0.6 is 0 Å². The van der Waals surface area contributed by atoms with E-state index in [9.17, 15) is 0 Å². The molecule has 0 radical (unpaired) electrons. The highest BCUT2D eigenvalue weighted by atomic mass is 15.1. The van der Waals surface area contributed by atoms with E-state index in [0.29, 0.717) is 0 Å². The maximum Gasteiger partial charge on any atom is 0.137 e. The van der Waals surface area contributed by atoms with E-state index in [1.54, 1.807) is 24.4 Å². The molecule has 0 aromatic carbocycles. The van der Waals surface area contributed by atoms with Crippen LogP contribution in [-0.2, 0) is 0 Å². The Morgan fingerprint density at radius 1 is 1.00 bits per heavy atom. The molecular formula is C23H26N2. The quantitative estimate of drug-likeness (QED) is 0.484. The van der Waals surface area contributed by atoms with Crippen molar-refractivity contribution in [2.24, 2.45) is 4.99 Å². The van der Waals surface area contributed by atoms with Crippen molar-refractivity contribution >= 4 is 36.3 Å². The smallest absolute Gasteiger partial charge is 0.137 e. The van der Waals surface area contributed by atoms with E-state index in [4.69, 9.17) is 0 Å². The lowest BCUT2D eigenvalue weighted by Crippen LogP contribution is -2.29. The van der Waals surface area contributed by atoms with Gasteiger partial charge in [-0.25, -0.2) is 4.99 Å². The van der Waals surface area contributed by atoms with E-state index in [0.717, 1.165) is 27.6 Å². The van der Waals surface area contributed by atoms with Gasteiger partial charge in [0.1, 0.15) is 5.82 Å². The van der Waals surface area contributed by atoms with Gasteiger partial charge in [0.05, 0.1) is 11.0 Å². The molecule has 0 aliphatic heterocycles. The number of nitrogens with zero attached hydrogens (tertiary/aromatic N) is 2. The predicted octanol–water partition coefficient (Wildman–Crippen LogP) is 4.73. The van der Waals surface area contributed by atoms with Gasteiger partial charge in [0, 0.05) is 17.0 Å². The Kier molecular flexibility index (Phi) is 8.45. The molecule has 1 aromatic heterocycles. The fourth-order valence-electron chi connectivity index (χ4n) is 2.50. The summed E-state index contributed by atoms with van der Waals surface area (Å²) in [5.41, 5.74) is 2.02. The minimum Gasteiger partial charge on any atom is -0.294 e. The first-order valence-electron chi connectivity index (χ1n) is 8.13. The van der Waals surface area contributed by atoms with E-state index >= 15 is 0 Å². The molecule has 2 nitrogen and oxygen atoms in total. The summed E-state index contributed by atoms with van der Waals surface area (Å²) in [7, 11) is 0. The van der Waals surface area contributed by atoms with Crippen molar-refractivity contribution in [1.29, 1.82) is 0 Å². The second kappa shape index (κ2) is 10.6. The van der Waals surface area contributed by atoms with E-state index in [1.807, 2.05) is 50.3 Å². The van der Waals surface area contributed by atoms with Crippen LogP contribution in [0, 0.1) is 0 Å². The van der Waals surface area contributed by atoms with Crippen molar-refractivity contribution in [3.63, 3.8) is 0 Å². The van der Waals surface area contributed by atoms with Crippen LogP contribution in [0.3, 0.4) is 0 Å². The Bertz CT molecular complexity index is 882. The molecule has 0 saturated heterocycles. The van der Waals surface area contributed by atoms with Gasteiger partial charge in [-0.05, 0) is 32.1 Å². The number of hydrogen-bond acceptors (Lipinski definition) is 1. The molecule has 0 aliphatic rings. The standard InChI is InChI=1S/C23H26N2/c1-7-13-16-20-19(11-5)22(17-14-8-2)25(21(20)12-6)23(15-9-3)24-18-10-4/h7-18H,1,3-4,6H2,2,5H3/b14-8-,16-13-,19-11-,22-17+,23-15+,24-18-. The zero-order valence-corrected chi connectivity index (χ0v) is 15.2. The average molecular weight is 330 g/mol. The number of aromatic nitrogens is 1. The van der Waals surface area contributed by atoms with E-state index in [-0.39, 0.29) is 0 Å². The monoisotopic (exact) mass is 330 g/mol. The lowest BCUT2D eigenvalue weighted by Gasteiger charge is -2.08. The molecule has 0 amide bonds. The van der Waals surface area contributed by atoms with Gasteiger partial charge in [0.2, 0.25) is 0 Å². The topological polar surface area (TPSA) is 17.3 Å². The van der Waals surface area contributed by atoms with Crippen molar-refractivity contribution in [2.75, 3.05) is 0 Å². The van der Waals surface area contributed by atoms with Crippen molar-refractivity contribution in [3.05, 3.63) is 90.7 Å². The summed E-state index contributed by atoms with van der Waals surface area (Å²) in [6, 6.07) is 0. The highest BCUT2D eigenvalue weighted by Gasteiger charge is 2.12. The molecule has 0 atom stereocenters. The third-order valence-corrected chi connectivity index (χ3v) is 3.46. The van der Waals surface area contributed by atoms with Gasteiger partial charge in [-0.3, -0.25) is 4.57 Å². The summed E-state index contributed by atoms with van der Waals surface area (Å²) in [6.45, 7) is 19.3. The summed E-state index contributed by atoms with van der Waals surface area (Å²) in [4.78, 5) is 4.51. The molecule has 1 aromatic rings. The molecule has 0 saturated carbocycles. The molecule has 0 fully saturated rings. The maximum absolute atomic E-state index is 4.51. The molecule has 2 heteroatoms. The van der Waals surface area contributed by atoms with Gasteiger partial charge in [0.25, 0.3) is 0 Å². The normalized spacial score (nSPS) is 14.1. The van der Waals surface area contributed by atoms with Crippen molar-refractivity contribution in [1.82, 2.24) is 4.57 Å². The first-order valence-corrected chi connectivity index (χ1v) is 8.13. The molecular weight excluding hydrogens is 304 g/mol. The van der Waals surface area contributed by atoms with Crippen LogP contribution in [-0.4, -0.2) is 10.8 Å². The van der Waals surface area contributed by atoms with E-state index in [1.165, 1.54) is 0 Å². The van der Waals surface area contributed by atoms with Crippen LogP contribution < -0.4 is 10.6 Å². The van der Waals surface area contributed by atoms with Gasteiger partial charge in [-0.1, -0.05) is 74.9 Å². The zero-order valence-electron chi connectivity index (χ0n) is 15.2. The first-order chi connectivity index (χ1) is 12.2. The molecule has 0 N–H and O–H groups in total. The molecule has 0 spiro atoms. The Labute approximate surface area is 150 Å². The second-order valence-corrected chi connectivity index (χ2v) is 4.99. The first kappa shape index (κ1) is 19.9. The van der Waals surface area contributed by atoms with Crippen LogP contribution in [0.1, 0.15) is 25.1 Å². The SMILES string of the molecule is C=C/C=C\c1c(C=C)n(C(=C/C=C)/N=C\C=C)c(=C/C=C\C)/c1=C\C. The molecule has 1 rings (SSSR count). The lowest BCUT2D eigenvalue weighted by atomic mass is 10.1. The molecule has 0 bridgehead atoms. The molecule has 0 aliphatic carbocycles. The van der Waals surface area contributed by atoms with Gasteiger partial charge in [-0.2, -0.15) is 0 Å².